The largest absolute Gasteiger partial charge is 0.480 e. The van der Waals surface area contributed by atoms with Gasteiger partial charge in [-0.3, -0.25) is 9.59 Å². The molecule has 1 atom stereocenters. The van der Waals surface area contributed by atoms with E-state index < -0.39 is 12.0 Å². The molecule has 1 amide bonds. The van der Waals surface area contributed by atoms with Crippen molar-refractivity contribution in [2.75, 3.05) is 6.54 Å². The SMILES string of the molecule is NC(CCCCNC(=O)CCCCCCCCCCCCn1cccc1)C(=O)O. The van der Waals surface area contributed by atoms with Gasteiger partial charge in [0.1, 0.15) is 6.04 Å². The Morgan fingerprint density at radius 3 is 1.97 bits per heavy atom. The number of carbonyl (C=O) groups excluding carboxylic acids is 1. The molecule has 0 saturated carbocycles. The molecule has 1 heterocycles. The first kappa shape index (κ1) is 25.2. The number of aromatic nitrogens is 1. The maximum absolute atomic E-state index is 11.8. The van der Waals surface area contributed by atoms with E-state index in [0.29, 0.717) is 19.4 Å². The Labute approximate surface area is 176 Å². The summed E-state index contributed by atoms with van der Waals surface area (Å²) in [6, 6.07) is 3.37. The summed E-state index contributed by atoms with van der Waals surface area (Å²) in [5.74, 6) is -0.856. The van der Waals surface area contributed by atoms with Crippen LogP contribution in [0.4, 0.5) is 0 Å². The molecule has 4 N–H and O–H groups in total. The van der Waals surface area contributed by atoms with E-state index in [1.54, 1.807) is 0 Å². The van der Waals surface area contributed by atoms with Crippen LogP contribution in [-0.2, 0) is 16.1 Å². The molecule has 0 aliphatic carbocycles. The van der Waals surface area contributed by atoms with Crippen LogP contribution in [-0.4, -0.2) is 34.1 Å². The van der Waals surface area contributed by atoms with Crippen LogP contribution in [0.25, 0.3) is 0 Å². The lowest BCUT2D eigenvalue weighted by Gasteiger charge is -2.07. The van der Waals surface area contributed by atoms with Gasteiger partial charge in [-0.1, -0.05) is 51.4 Å². The monoisotopic (exact) mass is 407 g/mol. The second-order valence-corrected chi connectivity index (χ2v) is 8.00. The Balaban J connectivity index is 1.76. The number of carboxylic acids is 1. The van der Waals surface area contributed by atoms with E-state index in [1.165, 1.54) is 51.4 Å². The number of amides is 1. The number of hydrogen-bond donors (Lipinski definition) is 3. The Morgan fingerprint density at radius 2 is 1.38 bits per heavy atom. The third-order valence-electron chi connectivity index (χ3n) is 5.32. The van der Waals surface area contributed by atoms with Gasteiger partial charge >= 0.3 is 5.97 Å². The molecular formula is C23H41N3O3. The van der Waals surface area contributed by atoms with Gasteiger partial charge in [0.2, 0.25) is 5.91 Å². The van der Waals surface area contributed by atoms with Gasteiger partial charge in [0.15, 0.2) is 0 Å². The highest BCUT2D eigenvalue weighted by Gasteiger charge is 2.10. The summed E-state index contributed by atoms with van der Waals surface area (Å²) in [7, 11) is 0. The number of nitrogens with one attached hydrogen (secondary N) is 1. The van der Waals surface area contributed by atoms with Crippen molar-refractivity contribution in [1.82, 2.24) is 9.88 Å². The van der Waals surface area contributed by atoms with Crippen LogP contribution in [0.5, 0.6) is 0 Å². The molecule has 0 fully saturated rings. The Bertz CT molecular complexity index is 531. The van der Waals surface area contributed by atoms with Crippen molar-refractivity contribution >= 4 is 11.9 Å². The Morgan fingerprint density at radius 1 is 0.828 bits per heavy atom. The Hall–Kier alpha value is -1.82. The molecule has 0 radical (unpaired) electrons. The number of nitrogens with zero attached hydrogens (tertiary/aromatic N) is 1. The smallest absolute Gasteiger partial charge is 0.320 e. The van der Waals surface area contributed by atoms with Crippen LogP contribution >= 0.6 is 0 Å². The van der Waals surface area contributed by atoms with Gasteiger partial charge in [-0.25, -0.2) is 0 Å². The third kappa shape index (κ3) is 14.8. The molecule has 1 aromatic rings. The van der Waals surface area contributed by atoms with Crippen LogP contribution in [0.2, 0.25) is 0 Å². The lowest BCUT2D eigenvalue weighted by Crippen LogP contribution is -2.30. The van der Waals surface area contributed by atoms with E-state index in [-0.39, 0.29) is 5.91 Å². The molecule has 6 nitrogen and oxygen atoms in total. The van der Waals surface area contributed by atoms with E-state index in [4.69, 9.17) is 10.8 Å². The van der Waals surface area contributed by atoms with Crippen molar-refractivity contribution in [3.63, 3.8) is 0 Å². The zero-order valence-electron chi connectivity index (χ0n) is 18.0. The molecule has 1 unspecified atom stereocenters. The molecule has 29 heavy (non-hydrogen) atoms. The average molecular weight is 408 g/mol. The van der Waals surface area contributed by atoms with Crippen LogP contribution in [0.3, 0.4) is 0 Å². The first-order chi connectivity index (χ1) is 14.1. The van der Waals surface area contributed by atoms with E-state index in [1.807, 2.05) is 0 Å². The summed E-state index contributed by atoms with van der Waals surface area (Å²) in [6.07, 6.45) is 19.3. The second kappa shape index (κ2) is 17.1. The van der Waals surface area contributed by atoms with Crippen LogP contribution in [0.15, 0.2) is 24.5 Å². The molecule has 166 valence electrons. The Kier molecular flexibility index (Phi) is 14.8. The minimum absolute atomic E-state index is 0.104. The van der Waals surface area contributed by atoms with Crippen molar-refractivity contribution in [3.05, 3.63) is 24.5 Å². The highest BCUT2D eigenvalue weighted by Crippen LogP contribution is 2.12. The zero-order chi connectivity index (χ0) is 21.2. The average Bonchev–Trinajstić information content (AvgIpc) is 3.21. The summed E-state index contributed by atoms with van der Waals surface area (Å²) < 4.78 is 2.25. The van der Waals surface area contributed by atoms with Crippen molar-refractivity contribution in [3.8, 4) is 0 Å². The van der Waals surface area contributed by atoms with Gasteiger partial charge < -0.3 is 20.7 Å². The third-order valence-corrected chi connectivity index (χ3v) is 5.32. The summed E-state index contributed by atoms with van der Waals surface area (Å²) in [5, 5.41) is 11.6. The fourth-order valence-corrected chi connectivity index (χ4v) is 3.44. The molecule has 0 aliphatic rings. The van der Waals surface area contributed by atoms with E-state index in [2.05, 4.69) is 34.4 Å². The van der Waals surface area contributed by atoms with Gasteiger partial charge in [0.25, 0.3) is 0 Å². The van der Waals surface area contributed by atoms with Crippen molar-refractivity contribution in [1.29, 1.82) is 0 Å². The number of rotatable bonds is 19. The number of unbranched alkanes of at least 4 members (excludes halogenated alkanes) is 10. The summed E-state index contributed by atoms with van der Waals surface area (Å²) in [6.45, 7) is 1.75. The summed E-state index contributed by atoms with van der Waals surface area (Å²) >= 11 is 0. The quantitative estimate of drug-likeness (QED) is 0.295. The fourth-order valence-electron chi connectivity index (χ4n) is 3.44. The maximum Gasteiger partial charge on any atom is 0.320 e. The van der Waals surface area contributed by atoms with Gasteiger partial charge in [0, 0.05) is 31.9 Å². The van der Waals surface area contributed by atoms with E-state index >= 15 is 0 Å². The lowest BCUT2D eigenvalue weighted by atomic mass is 10.1. The predicted octanol–water partition coefficient (Wildman–Crippen LogP) is 4.48. The molecular weight excluding hydrogens is 366 g/mol. The lowest BCUT2D eigenvalue weighted by molar-refractivity contribution is -0.138. The van der Waals surface area contributed by atoms with Gasteiger partial charge in [-0.15, -0.1) is 0 Å². The van der Waals surface area contributed by atoms with E-state index in [9.17, 15) is 9.59 Å². The van der Waals surface area contributed by atoms with Crippen LogP contribution < -0.4 is 11.1 Å². The van der Waals surface area contributed by atoms with Gasteiger partial charge in [0.05, 0.1) is 0 Å². The number of aryl methyl sites for hydroxylation is 1. The molecule has 0 saturated heterocycles. The highest BCUT2D eigenvalue weighted by atomic mass is 16.4. The number of hydrogen-bond acceptors (Lipinski definition) is 3. The maximum atomic E-state index is 11.8. The molecule has 0 aliphatic heterocycles. The molecule has 0 spiro atoms. The zero-order valence-corrected chi connectivity index (χ0v) is 18.0. The fraction of sp³-hybridized carbons (Fsp3) is 0.739. The first-order valence-corrected chi connectivity index (χ1v) is 11.5. The molecule has 0 bridgehead atoms. The first-order valence-electron chi connectivity index (χ1n) is 11.5. The minimum atomic E-state index is -0.960. The van der Waals surface area contributed by atoms with Crippen molar-refractivity contribution in [2.45, 2.75) is 102 Å². The number of carbonyl (C=O) groups is 2. The van der Waals surface area contributed by atoms with Crippen molar-refractivity contribution < 1.29 is 14.7 Å². The highest BCUT2D eigenvalue weighted by molar-refractivity contribution is 5.75. The van der Waals surface area contributed by atoms with Gasteiger partial charge in [-0.05, 0) is 44.2 Å². The molecule has 6 heteroatoms. The minimum Gasteiger partial charge on any atom is -0.480 e. The normalized spacial score (nSPS) is 12.0. The van der Waals surface area contributed by atoms with Crippen LogP contribution in [0.1, 0.15) is 89.9 Å². The van der Waals surface area contributed by atoms with Crippen LogP contribution in [0, 0.1) is 0 Å². The number of aliphatic carboxylic acids is 1. The van der Waals surface area contributed by atoms with Crippen molar-refractivity contribution in [2.24, 2.45) is 5.73 Å². The second-order valence-electron chi connectivity index (χ2n) is 8.00. The predicted molar refractivity (Wildman–Crippen MR) is 118 cm³/mol. The number of nitrogens with two attached hydrogens (primary N) is 1. The van der Waals surface area contributed by atoms with E-state index in [0.717, 1.165) is 32.2 Å². The standard InChI is InChI=1S/C23H41N3O3/c24-21(23(28)29)15-10-11-17-25-22(27)16-9-7-5-3-1-2-4-6-8-12-18-26-19-13-14-20-26/h13-14,19-21H,1-12,15-18,24H2,(H,25,27)(H,28,29). The molecule has 0 aromatic carbocycles. The summed E-state index contributed by atoms with van der Waals surface area (Å²) in [4.78, 5) is 22.3. The number of carboxylic acid groups (broad SMARTS) is 1. The summed E-state index contributed by atoms with van der Waals surface area (Å²) in [5.41, 5.74) is 5.44. The van der Waals surface area contributed by atoms with Gasteiger partial charge in [-0.2, -0.15) is 0 Å². The molecule has 1 aromatic heterocycles. The molecule has 1 rings (SSSR count). The topological polar surface area (TPSA) is 97.4 Å².